The smallest absolute Gasteiger partial charge is 0.305 e. The summed E-state index contributed by atoms with van der Waals surface area (Å²) in [7, 11) is 0. The van der Waals surface area contributed by atoms with Crippen molar-refractivity contribution in [3.63, 3.8) is 0 Å². The number of aliphatic carboxylic acids is 1. The standard InChI is InChI=1S/C14H26O4/c1-3-5-8-12(4-2)11-18-14(17)10-7-6-9-13(15)16/h12H,3-11H2,1-2H3,(H,15,16)/i2D3,4D2. The summed E-state index contributed by atoms with van der Waals surface area (Å²) >= 11 is 0. The Bertz CT molecular complexity index is 382. The molecule has 0 aromatic rings. The molecule has 0 rings (SSSR count). The van der Waals surface area contributed by atoms with Crippen molar-refractivity contribution in [3.05, 3.63) is 0 Å². The Morgan fingerprint density at radius 2 is 2.06 bits per heavy atom. The number of carbonyl (C=O) groups excluding carboxylic acids is 1. The molecule has 1 atom stereocenters. The lowest BCUT2D eigenvalue weighted by Crippen LogP contribution is -2.13. The van der Waals surface area contributed by atoms with Crippen LogP contribution in [0.5, 0.6) is 0 Å². The van der Waals surface area contributed by atoms with Gasteiger partial charge in [0.05, 0.1) is 6.61 Å². The fraction of sp³-hybridized carbons (Fsp3) is 0.857. The molecule has 0 aliphatic rings. The van der Waals surface area contributed by atoms with E-state index in [9.17, 15) is 9.59 Å². The molecule has 0 aromatic carbocycles. The second-order valence-corrected chi connectivity index (χ2v) is 4.27. The van der Waals surface area contributed by atoms with Crippen LogP contribution >= 0.6 is 0 Å². The maximum absolute atomic E-state index is 11.6. The largest absolute Gasteiger partial charge is 0.481 e. The van der Waals surface area contributed by atoms with E-state index in [0.29, 0.717) is 25.7 Å². The molecule has 0 saturated heterocycles. The van der Waals surface area contributed by atoms with Gasteiger partial charge in [-0.2, -0.15) is 0 Å². The monoisotopic (exact) mass is 263 g/mol. The van der Waals surface area contributed by atoms with E-state index in [-0.39, 0.29) is 19.4 Å². The van der Waals surface area contributed by atoms with Crippen molar-refractivity contribution in [2.75, 3.05) is 6.61 Å². The molecule has 1 N–H and O–H groups in total. The highest BCUT2D eigenvalue weighted by Gasteiger charge is 2.10. The summed E-state index contributed by atoms with van der Waals surface area (Å²) in [6, 6.07) is 0. The molecule has 0 amide bonds. The minimum Gasteiger partial charge on any atom is -0.481 e. The predicted molar refractivity (Wildman–Crippen MR) is 70.4 cm³/mol. The first-order valence-corrected chi connectivity index (χ1v) is 6.39. The van der Waals surface area contributed by atoms with E-state index >= 15 is 0 Å². The van der Waals surface area contributed by atoms with Gasteiger partial charge in [0, 0.05) is 19.7 Å². The topological polar surface area (TPSA) is 63.6 Å². The third kappa shape index (κ3) is 10.1. The van der Waals surface area contributed by atoms with Crippen molar-refractivity contribution in [2.45, 2.75) is 65.1 Å². The van der Waals surface area contributed by atoms with E-state index in [4.69, 9.17) is 16.7 Å². The number of rotatable bonds is 11. The molecule has 0 aliphatic carbocycles. The van der Waals surface area contributed by atoms with Crippen LogP contribution in [0.3, 0.4) is 0 Å². The molecule has 0 bridgehead atoms. The maximum atomic E-state index is 11.6. The van der Waals surface area contributed by atoms with Gasteiger partial charge in [-0.15, -0.1) is 0 Å². The van der Waals surface area contributed by atoms with E-state index < -0.39 is 31.1 Å². The molecule has 106 valence electrons. The summed E-state index contributed by atoms with van der Waals surface area (Å²) in [4.78, 5) is 22.0. The summed E-state index contributed by atoms with van der Waals surface area (Å²) in [6.45, 7) is -1.14. The molecule has 0 spiro atoms. The molecule has 0 fully saturated rings. The minimum atomic E-state index is -2.78. The number of carboxylic acid groups (broad SMARTS) is 1. The van der Waals surface area contributed by atoms with Crippen LogP contribution in [-0.4, -0.2) is 23.7 Å². The van der Waals surface area contributed by atoms with Gasteiger partial charge >= 0.3 is 11.9 Å². The number of carbonyl (C=O) groups is 2. The fourth-order valence-corrected chi connectivity index (χ4v) is 1.46. The molecule has 0 saturated carbocycles. The zero-order valence-electron chi connectivity index (χ0n) is 15.9. The van der Waals surface area contributed by atoms with Crippen LogP contribution in [0.4, 0.5) is 0 Å². The zero-order chi connectivity index (χ0) is 18.1. The first-order chi connectivity index (χ1) is 10.5. The highest BCUT2D eigenvalue weighted by molar-refractivity contribution is 5.69. The third-order valence-electron chi connectivity index (χ3n) is 2.58. The molecular formula is C14H26O4. The molecule has 1 unspecified atom stereocenters. The summed E-state index contributed by atoms with van der Waals surface area (Å²) < 4.78 is 42.6. The maximum Gasteiger partial charge on any atom is 0.305 e. The van der Waals surface area contributed by atoms with E-state index in [1.54, 1.807) is 0 Å². The average Bonchev–Trinajstić information content (AvgIpc) is 2.41. The Hall–Kier alpha value is -1.06. The van der Waals surface area contributed by atoms with Crippen molar-refractivity contribution in [3.8, 4) is 0 Å². The summed E-state index contributed by atoms with van der Waals surface area (Å²) in [5.74, 6) is -2.37. The Kier molecular flexibility index (Phi) is 6.03. The first kappa shape index (κ1) is 9.82. The van der Waals surface area contributed by atoms with Crippen molar-refractivity contribution < 1.29 is 26.3 Å². The zero-order valence-corrected chi connectivity index (χ0v) is 10.9. The lowest BCUT2D eigenvalue weighted by Gasteiger charge is -2.14. The molecule has 0 aromatic heterocycles. The van der Waals surface area contributed by atoms with Crippen molar-refractivity contribution in [1.82, 2.24) is 0 Å². The van der Waals surface area contributed by atoms with E-state index in [1.165, 1.54) is 0 Å². The molecule has 18 heavy (non-hydrogen) atoms. The normalized spacial score (nSPS) is 17.7. The van der Waals surface area contributed by atoms with Crippen LogP contribution in [0.1, 0.15) is 71.9 Å². The summed E-state index contributed by atoms with van der Waals surface area (Å²) in [5, 5.41) is 8.49. The molecule has 0 heterocycles. The van der Waals surface area contributed by atoms with Gasteiger partial charge in [0.2, 0.25) is 0 Å². The molecule has 0 radical (unpaired) electrons. The summed E-state index contributed by atoms with van der Waals surface area (Å²) in [5.41, 5.74) is 0. The molecule has 0 aliphatic heterocycles. The number of esters is 1. The SMILES string of the molecule is [2H]C([2H])([2H])C([2H])([2H])C(CCCC)COC(=O)CCCCC(=O)O. The Balaban J connectivity index is 4.45. The molecule has 4 heteroatoms. The van der Waals surface area contributed by atoms with Gasteiger partial charge in [0.25, 0.3) is 0 Å². The average molecular weight is 263 g/mol. The van der Waals surface area contributed by atoms with Gasteiger partial charge in [0.1, 0.15) is 0 Å². The van der Waals surface area contributed by atoms with E-state index in [1.807, 2.05) is 6.92 Å². The Labute approximate surface area is 117 Å². The quantitative estimate of drug-likeness (QED) is 0.458. The second-order valence-electron chi connectivity index (χ2n) is 4.27. The van der Waals surface area contributed by atoms with Crippen LogP contribution in [0.2, 0.25) is 0 Å². The van der Waals surface area contributed by atoms with Crippen LogP contribution in [0.25, 0.3) is 0 Å². The van der Waals surface area contributed by atoms with Crippen molar-refractivity contribution in [1.29, 1.82) is 0 Å². The van der Waals surface area contributed by atoms with Crippen LogP contribution in [0.15, 0.2) is 0 Å². The van der Waals surface area contributed by atoms with Gasteiger partial charge in [-0.05, 0) is 25.2 Å². The number of carboxylic acids is 1. The van der Waals surface area contributed by atoms with E-state index in [0.717, 1.165) is 6.42 Å². The lowest BCUT2D eigenvalue weighted by molar-refractivity contribution is -0.145. The summed E-state index contributed by atoms with van der Waals surface area (Å²) in [6.07, 6.45) is 0.0995. The van der Waals surface area contributed by atoms with Gasteiger partial charge in [-0.3, -0.25) is 9.59 Å². The van der Waals surface area contributed by atoms with Crippen LogP contribution < -0.4 is 0 Å². The Morgan fingerprint density at radius 1 is 1.33 bits per heavy atom. The van der Waals surface area contributed by atoms with Crippen molar-refractivity contribution >= 4 is 11.9 Å². The number of hydrogen-bond donors (Lipinski definition) is 1. The van der Waals surface area contributed by atoms with Gasteiger partial charge in [-0.25, -0.2) is 0 Å². The Morgan fingerprint density at radius 3 is 2.67 bits per heavy atom. The number of hydrogen-bond acceptors (Lipinski definition) is 3. The molecular weight excluding hydrogens is 232 g/mol. The second kappa shape index (κ2) is 11.1. The van der Waals surface area contributed by atoms with E-state index in [2.05, 4.69) is 0 Å². The van der Waals surface area contributed by atoms with Crippen LogP contribution in [-0.2, 0) is 14.3 Å². The van der Waals surface area contributed by atoms with Crippen LogP contribution in [0, 0.1) is 5.92 Å². The third-order valence-corrected chi connectivity index (χ3v) is 2.58. The predicted octanol–water partition coefficient (Wildman–Crippen LogP) is 3.39. The van der Waals surface area contributed by atoms with Gasteiger partial charge in [-0.1, -0.05) is 33.0 Å². The number of ether oxygens (including phenoxy) is 1. The first-order valence-electron chi connectivity index (χ1n) is 8.89. The van der Waals surface area contributed by atoms with Crippen molar-refractivity contribution in [2.24, 2.45) is 5.92 Å². The van der Waals surface area contributed by atoms with Gasteiger partial charge < -0.3 is 9.84 Å². The highest BCUT2D eigenvalue weighted by atomic mass is 16.5. The van der Waals surface area contributed by atoms with Gasteiger partial charge in [0.15, 0.2) is 0 Å². The fourth-order valence-electron chi connectivity index (χ4n) is 1.46. The lowest BCUT2D eigenvalue weighted by atomic mass is 10.0. The highest BCUT2D eigenvalue weighted by Crippen LogP contribution is 2.13. The minimum absolute atomic E-state index is 0.0198. The number of unbranched alkanes of at least 4 members (excludes halogenated alkanes) is 2. The molecule has 4 nitrogen and oxygen atoms in total.